The highest BCUT2D eigenvalue weighted by Gasteiger charge is 2.30. The highest BCUT2D eigenvalue weighted by atomic mass is 35.7. The van der Waals surface area contributed by atoms with Crippen molar-refractivity contribution >= 4 is 23.2 Å². The van der Waals surface area contributed by atoms with Crippen LogP contribution in [0, 0.1) is 20.8 Å². The summed E-state index contributed by atoms with van der Waals surface area (Å²) in [6.07, 6.45) is 0. The number of hydrogen-bond acceptors (Lipinski definition) is 1. The van der Waals surface area contributed by atoms with Gasteiger partial charge >= 0.3 is 0 Å². The van der Waals surface area contributed by atoms with Gasteiger partial charge in [-0.05, 0) is 63.9 Å². The largest absolute Gasteiger partial charge is 0.284 e. The third kappa shape index (κ3) is 3.84. The first-order valence-corrected chi connectivity index (χ1v) is 8.32. The lowest BCUT2D eigenvalue weighted by molar-refractivity contribution is 0.502. The van der Waals surface area contributed by atoms with Gasteiger partial charge < -0.3 is 0 Å². The summed E-state index contributed by atoms with van der Waals surface area (Å²) in [5.74, 6) is 0. The van der Waals surface area contributed by atoms with Crippen LogP contribution in [0.2, 0.25) is 0 Å². The predicted molar refractivity (Wildman–Crippen MR) is 76.6 cm³/mol. The molecule has 0 bridgehead atoms. The molecule has 0 amide bonds. The summed E-state index contributed by atoms with van der Waals surface area (Å²) >= 11 is 6.25. The summed E-state index contributed by atoms with van der Waals surface area (Å²) in [7, 11) is 0. The van der Waals surface area contributed by atoms with Crippen molar-refractivity contribution in [1.29, 1.82) is 0 Å². The average molecular weight is 274 g/mol. The third-order valence-corrected chi connectivity index (χ3v) is 5.40. The van der Waals surface area contributed by atoms with Crippen LogP contribution in [0.3, 0.4) is 0 Å². The first-order valence-electron chi connectivity index (χ1n) is 5.70. The lowest BCUT2D eigenvalue weighted by atomic mass is 10.1. The molecule has 0 aliphatic heterocycles. The van der Waals surface area contributed by atoms with Gasteiger partial charge in [-0.25, -0.2) is 5.09 Å². The fraction of sp³-hybridized carbons (Fsp3) is 0.538. The Bertz CT molecular complexity index is 454. The van der Waals surface area contributed by atoms with Crippen LogP contribution < -0.4 is 10.4 Å². The minimum absolute atomic E-state index is 0.277. The molecule has 0 saturated carbocycles. The smallest absolute Gasteiger partial charge is 0.262 e. The molecule has 2 nitrogen and oxygen atoms in total. The normalized spacial score (nSPS) is 15.7. The maximum absolute atomic E-state index is 12.6. The summed E-state index contributed by atoms with van der Waals surface area (Å²) in [5.41, 5.74) is 2.85. The monoisotopic (exact) mass is 273 g/mol. The highest BCUT2D eigenvalue weighted by Crippen LogP contribution is 2.49. The van der Waals surface area contributed by atoms with E-state index in [1.807, 2.05) is 53.7 Å². The lowest BCUT2D eigenvalue weighted by Crippen LogP contribution is -2.35. The number of benzene rings is 1. The van der Waals surface area contributed by atoms with Crippen molar-refractivity contribution in [2.45, 2.75) is 47.1 Å². The second kappa shape index (κ2) is 4.76. The SMILES string of the molecule is Cc1cc(C)c(P(=O)(Cl)NC(C)(C)C)c(C)c1. The fourth-order valence-electron chi connectivity index (χ4n) is 2.11. The Hall–Kier alpha value is -0.300. The van der Waals surface area contributed by atoms with Crippen molar-refractivity contribution in [3.8, 4) is 0 Å². The summed E-state index contributed by atoms with van der Waals surface area (Å²) in [4.78, 5) is 0. The van der Waals surface area contributed by atoms with Crippen molar-refractivity contribution in [2.24, 2.45) is 0 Å². The number of rotatable bonds is 2. The van der Waals surface area contributed by atoms with E-state index in [2.05, 4.69) is 5.09 Å². The standard InChI is InChI=1S/C13H21ClNOP/c1-9-7-10(2)12(11(3)8-9)17(14,16)15-13(4,5)6/h7-8H,1-6H3,(H,15,16). The minimum Gasteiger partial charge on any atom is -0.284 e. The summed E-state index contributed by atoms with van der Waals surface area (Å²) in [6.45, 7) is 8.77. The van der Waals surface area contributed by atoms with Crippen LogP contribution in [0.4, 0.5) is 0 Å². The van der Waals surface area contributed by atoms with Gasteiger partial charge in [-0.15, -0.1) is 0 Å². The molecule has 0 fully saturated rings. The zero-order chi connectivity index (χ0) is 13.4. The molecule has 96 valence electrons. The molecule has 0 spiro atoms. The molecule has 1 atom stereocenters. The van der Waals surface area contributed by atoms with Crippen LogP contribution in [0.25, 0.3) is 0 Å². The first-order chi connectivity index (χ1) is 7.53. The van der Waals surface area contributed by atoms with Gasteiger partial charge in [-0.1, -0.05) is 17.7 Å². The second-order valence-corrected chi connectivity index (χ2v) is 8.81. The molecule has 0 radical (unpaired) electrons. The van der Waals surface area contributed by atoms with Gasteiger partial charge in [0, 0.05) is 10.8 Å². The molecule has 0 aromatic heterocycles. The Kier molecular flexibility index (Phi) is 4.13. The van der Waals surface area contributed by atoms with Gasteiger partial charge in [0.15, 0.2) is 0 Å². The van der Waals surface area contributed by atoms with Crippen LogP contribution >= 0.6 is 17.9 Å². The first kappa shape index (κ1) is 14.8. The predicted octanol–water partition coefficient (Wildman–Crippen LogP) is 4.06. The van der Waals surface area contributed by atoms with Crippen LogP contribution in [-0.2, 0) is 4.57 Å². The van der Waals surface area contributed by atoms with Gasteiger partial charge in [-0.3, -0.25) is 4.57 Å². The van der Waals surface area contributed by atoms with Crippen LogP contribution in [0.1, 0.15) is 37.5 Å². The molecule has 1 aromatic carbocycles. The summed E-state index contributed by atoms with van der Waals surface area (Å²) < 4.78 is 12.6. The average Bonchev–Trinajstić information content (AvgIpc) is 1.93. The van der Waals surface area contributed by atoms with Crippen LogP contribution in [0.15, 0.2) is 12.1 Å². The number of hydrogen-bond donors (Lipinski definition) is 1. The number of nitrogens with one attached hydrogen (secondary N) is 1. The molecule has 0 heterocycles. The molecule has 0 aliphatic rings. The van der Waals surface area contributed by atoms with Gasteiger partial charge in [0.2, 0.25) is 0 Å². The van der Waals surface area contributed by atoms with E-state index in [0.29, 0.717) is 0 Å². The lowest BCUT2D eigenvalue weighted by Gasteiger charge is -2.26. The van der Waals surface area contributed by atoms with E-state index in [1.165, 1.54) is 0 Å². The maximum Gasteiger partial charge on any atom is 0.262 e. The number of halogens is 1. The molecular weight excluding hydrogens is 253 g/mol. The Morgan fingerprint density at radius 2 is 1.53 bits per heavy atom. The zero-order valence-electron chi connectivity index (χ0n) is 11.4. The Balaban J connectivity index is 3.29. The number of aryl methyl sites for hydroxylation is 3. The maximum atomic E-state index is 12.6. The van der Waals surface area contributed by atoms with E-state index >= 15 is 0 Å². The molecule has 1 unspecified atom stereocenters. The zero-order valence-corrected chi connectivity index (χ0v) is 13.0. The quantitative estimate of drug-likeness (QED) is 0.824. The van der Waals surface area contributed by atoms with Crippen molar-refractivity contribution in [3.05, 3.63) is 28.8 Å². The second-order valence-electron chi connectivity index (χ2n) is 5.64. The minimum atomic E-state index is -3.04. The Morgan fingerprint density at radius 3 is 1.88 bits per heavy atom. The highest BCUT2D eigenvalue weighted by molar-refractivity contribution is 7.93. The van der Waals surface area contributed by atoms with E-state index in [1.54, 1.807) is 0 Å². The summed E-state index contributed by atoms with van der Waals surface area (Å²) in [5, 5.41) is 3.78. The molecular formula is C13H21ClNOP. The summed E-state index contributed by atoms with van der Waals surface area (Å²) in [6, 6.07) is 4.03. The van der Waals surface area contributed by atoms with Crippen molar-refractivity contribution in [3.63, 3.8) is 0 Å². The van der Waals surface area contributed by atoms with Crippen LogP contribution in [-0.4, -0.2) is 5.54 Å². The van der Waals surface area contributed by atoms with E-state index in [9.17, 15) is 4.57 Å². The van der Waals surface area contributed by atoms with Gasteiger partial charge in [0.05, 0.1) is 0 Å². The molecule has 1 rings (SSSR count). The molecule has 0 saturated heterocycles. The molecule has 0 aliphatic carbocycles. The molecule has 4 heteroatoms. The topological polar surface area (TPSA) is 29.1 Å². The van der Waals surface area contributed by atoms with Crippen molar-refractivity contribution in [2.75, 3.05) is 0 Å². The fourth-order valence-corrected chi connectivity index (χ4v) is 5.68. The van der Waals surface area contributed by atoms with E-state index < -0.39 is 6.65 Å². The third-order valence-electron chi connectivity index (χ3n) is 2.40. The van der Waals surface area contributed by atoms with Crippen LogP contribution in [0.5, 0.6) is 0 Å². The van der Waals surface area contributed by atoms with Crippen molar-refractivity contribution in [1.82, 2.24) is 5.09 Å². The Morgan fingerprint density at radius 1 is 1.12 bits per heavy atom. The van der Waals surface area contributed by atoms with E-state index in [4.69, 9.17) is 11.2 Å². The van der Waals surface area contributed by atoms with Gasteiger partial charge in [-0.2, -0.15) is 0 Å². The van der Waals surface area contributed by atoms with E-state index in [0.717, 1.165) is 22.0 Å². The molecule has 1 N–H and O–H groups in total. The van der Waals surface area contributed by atoms with E-state index in [-0.39, 0.29) is 5.54 Å². The Labute approximate surface area is 109 Å². The van der Waals surface area contributed by atoms with Gasteiger partial charge in [0.1, 0.15) is 0 Å². The molecule has 1 aromatic rings. The molecule has 17 heavy (non-hydrogen) atoms. The van der Waals surface area contributed by atoms with Crippen molar-refractivity contribution < 1.29 is 4.57 Å². The van der Waals surface area contributed by atoms with Gasteiger partial charge in [0.25, 0.3) is 6.65 Å².